The molecular formula is C9H19N. The first-order chi connectivity index (χ1) is 4.61. The smallest absolute Gasteiger partial charge is 0.00388 e. The predicted octanol–water partition coefficient (Wildman–Crippen LogP) is 1.98. The second-order valence-corrected chi connectivity index (χ2v) is 4.00. The summed E-state index contributed by atoms with van der Waals surface area (Å²) >= 11 is 0. The van der Waals surface area contributed by atoms with E-state index in [1.807, 2.05) is 0 Å². The second-order valence-electron chi connectivity index (χ2n) is 4.00. The molecule has 0 spiro atoms. The van der Waals surface area contributed by atoms with E-state index in [2.05, 4.69) is 32.6 Å². The quantitative estimate of drug-likeness (QED) is 0.539. The molecule has 0 aliphatic carbocycles. The van der Waals surface area contributed by atoms with Crippen LogP contribution < -0.4 is 0 Å². The molecule has 10 heavy (non-hydrogen) atoms. The minimum absolute atomic E-state index is 0.743. The summed E-state index contributed by atoms with van der Waals surface area (Å²) in [7, 11) is 0. The molecule has 1 unspecified atom stereocenters. The molecule has 1 heteroatoms. The molecule has 0 aromatic carbocycles. The fourth-order valence-electron chi connectivity index (χ4n) is 1.60. The van der Waals surface area contributed by atoms with Crippen LogP contribution in [0.5, 0.6) is 0 Å². The van der Waals surface area contributed by atoms with Crippen LogP contribution in [0.4, 0.5) is 0 Å². The van der Waals surface area contributed by atoms with Crippen molar-refractivity contribution in [3.05, 3.63) is 0 Å². The molecule has 1 saturated heterocycles. The molecule has 0 radical (unpaired) electrons. The normalized spacial score (nSPS) is 35.7. The maximum atomic E-state index is 2.56. The van der Waals surface area contributed by atoms with E-state index in [1.54, 1.807) is 0 Å². The van der Waals surface area contributed by atoms with Gasteiger partial charge in [0.15, 0.2) is 0 Å². The third-order valence-electron chi connectivity index (χ3n) is 2.75. The fraction of sp³-hybridized carbons (Fsp3) is 1.00. The van der Waals surface area contributed by atoms with Crippen molar-refractivity contribution in [1.82, 2.24) is 4.90 Å². The standard InChI is InChI=1S/C9H19N/c1-7(2)10-5-8(3)9(4)6-10/h7-9H,5-6H2,1-4H3/t8-,9?/m0/s1. The van der Waals surface area contributed by atoms with E-state index in [1.165, 1.54) is 13.1 Å². The van der Waals surface area contributed by atoms with Crippen molar-refractivity contribution < 1.29 is 0 Å². The Bertz CT molecular complexity index is 99.3. The lowest BCUT2D eigenvalue weighted by Crippen LogP contribution is -2.28. The van der Waals surface area contributed by atoms with Crippen LogP contribution in [-0.2, 0) is 0 Å². The zero-order chi connectivity index (χ0) is 7.72. The SMILES string of the molecule is CC1CN(C(C)C)C[C@@H]1C. The molecule has 1 nitrogen and oxygen atoms in total. The second kappa shape index (κ2) is 2.91. The summed E-state index contributed by atoms with van der Waals surface area (Å²) in [6.07, 6.45) is 0. The van der Waals surface area contributed by atoms with Crippen LogP contribution in [0.2, 0.25) is 0 Å². The maximum Gasteiger partial charge on any atom is 0.00388 e. The molecule has 0 saturated carbocycles. The minimum Gasteiger partial charge on any atom is -0.300 e. The zero-order valence-electron chi connectivity index (χ0n) is 7.59. The molecule has 1 aliphatic rings. The molecule has 0 bridgehead atoms. The van der Waals surface area contributed by atoms with Gasteiger partial charge in [0, 0.05) is 19.1 Å². The third kappa shape index (κ3) is 1.51. The van der Waals surface area contributed by atoms with E-state index >= 15 is 0 Å². The third-order valence-corrected chi connectivity index (χ3v) is 2.75. The van der Waals surface area contributed by atoms with Crippen LogP contribution in [0.15, 0.2) is 0 Å². The molecule has 0 aromatic heterocycles. The van der Waals surface area contributed by atoms with Crippen molar-refractivity contribution in [3.8, 4) is 0 Å². The average molecular weight is 141 g/mol. The molecule has 1 rings (SSSR count). The lowest BCUT2D eigenvalue weighted by molar-refractivity contribution is 0.264. The molecule has 60 valence electrons. The van der Waals surface area contributed by atoms with Crippen molar-refractivity contribution >= 4 is 0 Å². The van der Waals surface area contributed by atoms with Crippen molar-refractivity contribution in [2.45, 2.75) is 33.7 Å². The van der Waals surface area contributed by atoms with Gasteiger partial charge >= 0.3 is 0 Å². The Morgan fingerprint density at radius 2 is 1.50 bits per heavy atom. The van der Waals surface area contributed by atoms with Crippen molar-refractivity contribution in [3.63, 3.8) is 0 Å². The van der Waals surface area contributed by atoms with Gasteiger partial charge in [-0.05, 0) is 25.7 Å². The van der Waals surface area contributed by atoms with Crippen LogP contribution in [0.25, 0.3) is 0 Å². The number of hydrogen-bond donors (Lipinski definition) is 0. The molecule has 0 aromatic rings. The van der Waals surface area contributed by atoms with Gasteiger partial charge in [0.1, 0.15) is 0 Å². The lowest BCUT2D eigenvalue weighted by Gasteiger charge is -2.19. The van der Waals surface area contributed by atoms with Crippen LogP contribution in [0.1, 0.15) is 27.7 Å². The highest BCUT2D eigenvalue weighted by Crippen LogP contribution is 2.23. The Balaban J connectivity index is 2.41. The van der Waals surface area contributed by atoms with Gasteiger partial charge in [0.05, 0.1) is 0 Å². The Kier molecular flexibility index (Phi) is 2.35. The Labute approximate surface area is 64.4 Å². The van der Waals surface area contributed by atoms with Gasteiger partial charge in [0.2, 0.25) is 0 Å². The number of rotatable bonds is 1. The van der Waals surface area contributed by atoms with E-state index in [4.69, 9.17) is 0 Å². The Morgan fingerprint density at radius 1 is 1.10 bits per heavy atom. The molecule has 2 atom stereocenters. The van der Waals surface area contributed by atoms with Gasteiger partial charge in [0.25, 0.3) is 0 Å². The van der Waals surface area contributed by atoms with Crippen molar-refractivity contribution in [1.29, 1.82) is 0 Å². The number of likely N-dealkylation sites (tertiary alicyclic amines) is 1. The van der Waals surface area contributed by atoms with E-state index in [9.17, 15) is 0 Å². The number of nitrogens with zero attached hydrogens (tertiary/aromatic N) is 1. The van der Waals surface area contributed by atoms with Crippen LogP contribution in [-0.4, -0.2) is 24.0 Å². The topological polar surface area (TPSA) is 3.24 Å². The summed E-state index contributed by atoms with van der Waals surface area (Å²) in [6.45, 7) is 11.9. The molecule has 1 fully saturated rings. The highest BCUT2D eigenvalue weighted by Gasteiger charge is 2.26. The van der Waals surface area contributed by atoms with Gasteiger partial charge in [-0.3, -0.25) is 0 Å². The molecule has 1 heterocycles. The monoisotopic (exact) mass is 141 g/mol. The first kappa shape index (κ1) is 8.06. The van der Waals surface area contributed by atoms with Gasteiger partial charge < -0.3 is 4.90 Å². The summed E-state index contributed by atoms with van der Waals surface area (Å²) in [5, 5.41) is 0. The molecule has 0 amide bonds. The predicted molar refractivity (Wildman–Crippen MR) is 45.0 cm³/mol. The first-order valence-corrected chi connectivity index (χ1v) is 4.35. The van der Waals surface area contributed by atoms with Crippen LogP contribution in [0, 0.1) is 11.8 Å². The largest absolute Gasteiger partial charge is 0.300 e. The van der Waals surface area contributed by atoms with Crippen LogP contribution >= 0.6 is 0 Å². The molecular weight excluding hydrogens is 122 g/mol. The van der Waals surface area contributed by atoms with Crippen molar-refractivity contribution in [2.75, 3.05) is 13.1 Å². The minimum atomic E-state index is 0.743. The average Bonchev–Trinajstić information content (AvgIpc) is 2.13. The Morgan fingerprint density at radius 3 is 1.70 bits per heavy atom. The summed E-state index contributed by atoms with van der Waals surface area (Å²) < 4.78 is 0. The van der Waals surface area contributed by atoms with Gasteiger partial charge in [-0.2, -0.15) is 0 Å². The first-order valence-electron chi connectivity index (χ1n) is 4.35. The summed E-state index contributed by atoms with van der Waals surface area (Å²) in [5.41, 5.74) is 0. The molecule has 0 N–H and O–H groups in total. The highest BCUT2D eigenvalue weighted by atomic mass is 15.2. The summed E-state index contributed by atoms with van der Waals surface area (Å²) in [6, 6.07) is 0.743. The lowest BCUT2D eigenvalue weighted by atomic mass is 10.0. The highest BCUT2D eigenvalue weighted by molar-refractivity contribution is 4.80. The molecule has 1 aliphatic heterocycles. The summed E-state index contributed by atoms with van der Waals surface area (Å²) in [5.74, 6) is 1.81. The van der Waals surface area contributed by atoms with E-state index in [0.717, 1.165) is 17.9 Å². The van der Waals surface area contributed by atoms with E-state index < -0.39 is 0 Å². The van der Waals surface area contributed by atoms with Gasteiger partial charge in [-0.25, -0.2) is 0 Å². The van der Waals surface area contributed by atoms with Gasteiger partial charge in [-0.1, -0.05) is 13.8 Å². The summed E-state index contributed by atoms with van der Waals surface area (Å²) in [4.78, 5) is 2.56. The van der Waals surface area contributed by atoms with Crippen molar-refractivity contribution in [2.24, 2.45) is 11.8 Å². The number of hydrogen-bond acceptors (Lipinski definition) is 1. The van der Waals surface area contributed by atoms with Crippen LogP contribution in [0.3, 0.4) is 0 Å². The van der Waals surface area contributed by atoms with E-state index in [-0.39, 0.29) is 0 Å². The zero-order valence-corrected chi connectivity index (χ0v) is 7.59. The maximum absolute atomic E-state index is 2.56. The van der Waals surface area contributed by atoms with Gasteiger partial charge in [-0.15, -0.1) is 0 Å². The van der Waals surface area contributed by atoms with E-state index in [0.29, 0.717) is 0 Å². The Hall–Kier alpha value is -0.0400. The fourth-order valence-corrected chi connectivity index (χ4v) is 1.60.